The first kappa shape index (κ1) is 31.0. The lowest BCUT2D eigenvalue weighted by atomic mass is 9.86. The van der Waals surface area contributed by atoms with Crippen molar-refractivity contribution in [2.75, 3.05) is 28.4 Å². The third-order valence-corrected chi connectivity index (χ3v) is 5.46. The molecule has 0 bridgehead atoms. The highest BCUT2D eigenvalue weighted by Gasteiger charge is 2.90. The van der Waals surface area contributed by atoms with Crippen LogP contribution < -0.4 is 18.9 Å². The van der Waals surface area contributed by atoms with Crippen molar-refractivity contribution in [3.05, 3.63) is 47.5 Å². The van der Waals surface area contributed by atoms with Crippen molar-refractivity contribution < 1.29 is 71.6 Å². The second kappa shape index (κ2) is 9.84. The zero-order chi connectivity index (χ0) is 29.5. The van der Waals surface area contributed by atoms with E-state index in [0.29, 0.717) is 26.4 Å². The molecule has 0 N–H and O–H groups in total. The van der Waals surface area contributed by atoms with Gasteiger partial charge in [-0.05, 0) is 36.4 Å². The highest BCUT2D eigenvalue weighted by Crippen LogP contribution is 2.64. The molecule has 0 spiro atoms. The fourth-order valence-corrected chi connectivity index (χ4v) is 3.25. The summed E-state index contributed by atoms with van der Waals surface area (Å²) in [6, 6.07) is 2.67. The van der Waals surface area contributed by atoms with Crippen LogP contribution in [0, 0.1) is 0 Å². The number of benzene rings is 2. The SMILES string of the molecule is COc1ccc(OC)c(C(F)(F)C(F)(F)C(F)(F)C(F)(F)C(F)(F)C(F)(F)c2cc(OC)ccc2OC)c1. The van der Waals surface area contributed by atoms with E-state index in [2.05, 4.69) is 18.9 Å². The Balaban J connectivity index is 2.74. The van der Waals surface area contributed by atoms with Crippen LogP contribution in [0.5, 0.6) is 23.0 Å². The maximum absolute atomic E-state index is 14.8. The molecule has 2 aromatic carbocycles. The van der Waals surface area contributed by atoms with Gasteiger partial charge in [0.25, 0.3) is 0 Å². The first-order valence-corrected chi connectivity index (χ1v) is 9.94. The maximum Gasteiger partial charge on any atom is 0.385 e. The van der Waals surface area contributed by atoms with Crippen LogP contribution in [0.15, 0.2) is 36.4 Å². The Morgan fingerprint density at radius 1 is 0.421 bits per heavy atom. The fourth-order valence-electron chi connectivity index (χ4n) is 3.25. The molecule has 0 aliphatic heterocycles. The summed E-state index contributed by atoms with van der Waals surface area (Å²) < 4.78 is 193. The molecule has 2 aromatic rings. The predicted molar refractivity (Wildman–Crippen MR) is 107 cm³/mol. The molecule has 0 saturated heterocycles. The van der Waals surface area contributed by atoms with Gasteiger partial charge in [-0.25, -0.2) is 0 Å². The highest BCUT2D eigenvalue weighted by molar-refractivity contribution is 5.46. The molecule has 0 fully saturated rings. The Kier molecular flexibility index (Phi) is 8.03. The van der Waals surface area contributed by atoms with E-state index in [-0.39, 0.29) is 12.1 Å². The van der Waals surface area contributed by atoms with E-state index in [4.69, 9.17) is 0 Å². The van der Waals surface area contributed by atoms with Crippen molar-refractivity contribution in [2.24, 2.45) is 0 Å². The fraction of sp³-hybridized carbons (Fsp3) is 0.455. The van der Waals surface area contributed by atoms with Crippen molar-refractivity contribution in [1.29, 1.82) is 0 Å². The van der Waals surface area contributed by atoms with Gasteiger partial charge < -0.3 is 18.9 Å². The summed E-state index contributed by atoms with van der Waals surface area (Å²) in [7, 11) is 2.89. The topological polar surface area (TPSA) is 36.9 Å². The minimum absolute atomic E-state index is 0.00514. The lowest BCUT2D eigenvalue weighted by molar-refractivity contribution is -0.429. The number of hydrogen-bond acceptors (Lipinski definition) is 4. The van der Waals surface area contributed by atoms with Crippen molar-refractivity contribution in [3.63, 3.8) is 0 Å². The maximum atomic E-state index is 14.8. The molecule has 0 unspecified atom stereocenters. The second-order valence-electron chi connectivity index (χ2n) is 7.58. The molecule has 0 aliphatic carbocycles. The molecule has 0 atom stereocenters. The summed E-state index contributed by atoms with van der Waals surface area (Å²) in [4.78, 5) is 0. The van der Waals surface area contributed by atoms with Gasteiger partial charge in [0.05, 0.1) is 39.6 Å². The van der Waals surface area contributed by atoms with Crippen LogP contribution in [0.1, 0.15) is 11.1 Å². The standard InChI is InChI=1S/C22H18F12O4/c1-35-11-5-7-15(37-3)13(9-11)17(23,24)19(27,28)21(31,32)22(33,34)20(29,30)18(25,26)14-10-12(36-2)6-8-16(14)38-4/h5-10H,1-4H3. The summed E-state index contributed by atoms with van der Waals surface area (Å²) in [5, 5.41) is 0. The monoisotopic (exact) mass is 574 g/mol. The Labute approximate surface area is 207 Å². The minimum Gasteiger partial charge on any atom is -0.497 e. The van der Waals surface area contributed by atoms with Gasteiger partial charge in [0.2, 0.25) is 0 Å². The van der Waals surface area contributed by atoms with Crippen LogP contribution >= 0.6 is 0 Å². The van der Waals surface area contributed by atoms with Gasteiger partial charge in [0.15, 0.2) is 0 Å². The van der Waals surface area contributed by atoms with Gasteiger partial charge in [0, 0.05) is 0 Å². The van der Waals surface area contributed by atoms with E-state index in [1.165, 1.54) is 0 Å². The number of rotatable bonds is 11. The van der Waals surface area contributed by atoms with Crippen LogP contribution in [-0.4, -0.2) is 52.1 Å². The Hall–Kier alpha value is -3.20. The molecule has 0 saturated carbocycles. The molecule has 2 rings (SSSR count). The minimum atomic E-state index is -7.80. The molecule has 0 amide bonds. The van der Waals surface area contributed by atoms with Crippen molar-refractivity contribution >= 4 is 0 Å². The quantitative estimate of drug-likeness (QED) is 0.268. The van der Waals surface area contributed by atoms with Gasteiger partial charge in [0.1, 0.15) is 23.0 Å². The molecule has 4 nitrogen and oxygen atoms in total. The second-order valence-corrected chi connectivity index (χ2v) is 7.58. The van der Waals surface area contributed by atoms with Crippen LogP contribution in [0.25, 0.3) is 0 Å². The van der Waals surface area contributed by atoms with Gasteiger partial charge in [-0.2, -0.15) is 52.7 Å². The molecule has 0 radical (unpaired) electrons. The van der Waals surface area contributed by atoms with E-state index in [1.807, 2.05) is 0 Å². The van der Waals surface area contributed by atoms with Gasteiger partial charge in [-0.15, -0.1) is 0 Å². The normalized spacial score (nSPS) is 13.8. The van der Waals surface area contributed by atoms with Crippen molar-refractivity contribution in [2.45, 2.75) is 35.5 Å². The number of ether oxygens (including phenoxy) is 4. The van der Waals surface area contributed by atoms with Gasteiger partial charge in [-0.1, -0.05) is 0 Å². The average Bonchev–Trinajstić information content (AvgIpc) is 2.86. The van der Waals surface area contributed by atoms with E-state index < -0.39 is 69.7 Å². The number of methoxy groups -OCH3 is 4. The average molecular weight is 574 g/mol. The zero-order valence-corrected chi connectivity index (χ0v) is 19.6. The van der Waals surface area contributed by atoms with Crippen LogP contribution in [0.4, 0.5) is 52.7 Å². The van der Waals surface area contributed by atoms with E-state index in [1.54, 1.807) is 0 Å². The molecular formula is C22H18F12O4. The molecule has 38 heavy (non-hydrogen) atoms. The summed E-state index contributed by atoms with van der Waals surface area (Å²) in [6.07, 6.45) is 0. The third-order valence-electron chi connectivity index (χ3n) is 5.46. The molecular weight excluding hydrogens is 556 g/mol. The van der Waals surface area contributed by atoms with Crippen LogP contribution in [-0.2, 0) is 11.8 Å². The van der Waals surface area contributed by atoms with Crippen LogP contribution in [0.2, 0.25) is 0 Å². The summed E-state index contributed by atoms with van der Waals surface area (Å²) in [5.41, 5.74) is -4.35. The van der Waals surface area contributed by atoms with Crippen LogP contribution in [0.3, 0.4) is 0 Å². The largest absolute Gasteiger partial charge is 0.497 e. The zero-order valence-electron chi connectivity index (χ0n) is 19.6. The van der Waals surface area contributed by atoms with Gasteiger partial charge >= 0.3 is 35.5 Å². The summed E-state index contributed by atoms with van der Waals surface area (Å²) >= 11 is 0. The van der Waals surface area contributed by atoms with Gasteiger partial charge in [-0.3, -0.25) is 0 Å². The predicted octanol–water partition coefficient (Wildman–Crippen LogP) is 7.15. The molecule has 0 aromatic heterocycles. The Morgan fingerprint density at radius 2 is 0.711 bits per heavy atom. The van der Waals surface area contributed by atoms with E-state index in [0.717, 1.165) is 26.4 Å². The van der Waals surface area contributed by atoms with E-state index >= 15 is 0 Å². The highest BCUT2D eigenvalue weighted by atomic mass is 19.4. The molecule has 0 heterocycles. The molecule has 0 aliphatic rings. The van der Waals surface area contributed by atoms with E-state index in [9.17, 15) is 52.7 Å². The first-order valence-electron chi connectivity index (χ1n) is 9.94. The summed E-state index contributed by atoms with van der Waals surface area (Å²) in [6.45, 7) is 0. The van der Waals surface area contributed by atoms with Crippen molar-refractivity contribution in [1.82, 2.24) is 0 Å². The number of halogens is 12. The Bertz CT molecular complexity index is 1060. The third kappa shape index (κ3) is 4.30. The first-order chi connectivity index (χ1) is 17.2. The molecule has 214 valence electrons. The lowest BCUT2D eigenvalue weighted by Gasteiger charge is -2.41. The number of alkyl halides is 12. The smallest absolute Gasteiger partial charge is 0.385 e. The summed E-state index contributed by atoms with van der Waals surface area (Å²) in [5.74, 6) is -47.0. The molecule has 16 heteroatoms. The van der Waals surface area contributed by atoms with Crippen molar-refractivity contribution in [3.8, 4) is 23.0 Å². The lowest BCUT2D eigenvalue weighted by Crippen LogP contribution is -2.69. The Morgan fingerprint density at radius 3 is 0.947 bits per heavy atom. The number of hydrogen-bond donors (Lipinski definition) is 0.